The quantitative estimate of drug-likeness (QED) is 0.340. The highest BCUT2D eigenvalue weighted by Gasteiger charge is 2.25. The molecule has 0 spiro atoms. The van der Waals surface area contributed by atoms with Gasteiger partial charge in [-0.15, -0.1) is 0 Å². The van der Waals surface area contributed by atoms with E-state index in [0.717, 1.165) is 12.1 Å². The van der Waals surface area contributed by atoms with Gasteiger partial charge in [0.2, 0.25) is 5.75 Å². The first kappa shape index (κ1) is 18.4. The van der Waals surface area contributed by atoms with Crippen molar-refractivity contribution in [2.75, 3.05) is 0 Å². The Hall–Kier alpha value is -3.89. The summed E-state index contributed by atoms with van der Waals surface area (Å²) in [5, 5.41) is 32.7. The van der Waals surface area contributed by atoms with Crippen molar-refractivity contribution < 1.29 is 24.3 Å². The Morgan fingerprint density at radius 3 is 1.85 bits per heavy atom. The molecule has 2 aromatic carbocycles. The van der Waals surface area contributed by atoms with Gasteiger partial charge in [-0.05, 0) is 31.0 Å². The van der Waals surface area contributed by atoms with Crippen LogP contribution in [0.25, 0.3) is 0 Å². The Balaban J connectivity index is 2.44. The molecule has 0 heterocycles. The summed E-state index contributed by atoms with van der Waals surface area (Å²) in [7, 11) is 0. The van der Waals surface area contributed by atoms with E-state index >= 15 is 0 Å². The molecule has 0 radical (unpaired) electrons. The first-order valence-electron chi connectivity index (χ1n) is 7.02. The van der Waals surface area contributed by atoms with Gasteiger partial charge in [-0.2, -0.15) is 0 Å². The second kappa shape index (κ2) is 6.93. The molecule has 0 N–H and O–H groups in total. The van der Waals surface area contributed by atoms with Crippen molar-refractivity contribution in [3.63, 3.8) is 0 Å². The molecular weight excluding hydrogens is 350 g/mol. The summed E-state index contributed by atoms with van der Waals surface area (Å²) in [4.78, 5) is 42.7. The molecule has 26 heavy (non-hydrogen) atoms. The third-order valence-electron chi connectivity index (χ3n) is 3.49. The molecule has 2 rings (SSSR count). The second-order valence-corrected chi connectivity index (χ2v) is 5.27. The molecule has 0 bridgehead atoms. The zero-order valence-electron chi connectivity index (χ0n) is 13.5. The fourth-order valence-electron chi connectivity index (χ4n) is 2.37. The third-order valence-corrected chi connectivity index (χ3v) is 3.49. The highest BCUT2D eigenvalue weighted by molar-refractivity contribution is 5.95. The van der Waals surface area contributed by atoms with Crippen LogP contribution in [0.5, 0.6) is 5.75 Å². The summed E-state index contributed by atoms with van der Waals surface area (Å²) in [6.07, 6.45) is 0. The number of hydrogen-bond donors (Lipinski definition) is 0. The van der Waals surface area contributed by atoms with Crippen LogP contribution in [-0.4, -0.2) is 20.7 Å². The molecule has 0 aliphatic heterocycles. The number of ether oxygens (including phenoxy) is 1. The van der Waals surface area contributed by atoms with Crippen LogP contribution in [0, 0.1) is 44.2 Å². The van der Waals surface area contributed by atoms with Crippen LogP contribution in [0.1, 0.15) is 21.5 Å². The predicted molar refractivity (Wildman–Crippen MR) is 87.3 cm³/mol. The van der Waals surface area contributed by atoms with Gasteiger partial charge >= 0.3 is 11.7 Å². The zero-order chi connectivity index (χ0) is 19.6. The Morgan fingerprint density at radius 2 is 1.38 bits per heavy atom. The average molecular weight is 361 g/mol. The molecule has 0 aliphatic carbocycles. The Kier molecular flexibility index (Phi) is 4.91. The number of carbonyl (C=O) groups excluding carboxylic acids is 1. The maximum Gasteiger partial charge on any atom is 0.344 e. The fourth-order valence-corrected chi connectivity index (χ4v) is 2.37. The van der Waals surface area contributed by atoms with Crippen LogP contribution < -0.4 is 4.74 Å². The van der Waals surface area contributed by atoms with Crippen LogP contribution in [-0.2, 0) is 0 Å². The van der Waals surface area contributed by atoms with Gasteiger partial charge < -0.3 is 4.74 Å². The Morgan fingerprint density at radius 1 is 0.846 bits per heavy atom. The van der Waals surface area contributed by atoms with Crippen LogP contribution in [0.4, 0.5) is 17.1 Å². The van der Waals surface area contributed by atoms with E-state index in [2.05, 4.69) is 0 Å². The number of hydrogen-bond acceptors (Lipinski definition) is 8. The summed E-state index contributed by atoms with van der Waals surface area (Å²) >= 11 is 0. The number of benzene rings is 2. The van der Waals surface area contributed by atoms with E-state index in [1.165, 1.54) is 26.0 Å². The van der Waals surface area contributed by atoms with Crippen molar-refractivity contribution in [3.8, 4) is 5.75 Å². The standard InChI is InChI=1S/C15H11N3O8/c1-8-5-11(17(22)23)6-9(2)14(8)15(19)26-13-4-3-10(16(20)21)7-12(13)18(24)25/h3-7H,1-2H3. The number of nitrogens with zero attached hydrogens (tertiary/aromatic N) is 3. The number of esters is 1. The minimum Gasteiger partial charge on any atom is -0.416 e. The molecule has 0 aliphatic rings. The molecule has 0 aromatic heterocycles. The molecule has 0 atom stereocenters. The van der Waals surface area contributed by atoms with Gasteiger partial charge in [-0.25, -0.2) is 4.79 Å². The van der Waals surface area contributed by atoms with E-state index < -0.39 is 37.9 Å². The third kappa shape index (κ3) is 3.61. The monoisotopic (exact) mass is 361 g/mol. The minimum absolute atomic E-state index is 0.0169. The molecule has 0 saturated heterocycles. The van der Waals surface area contributed by atoms with Gasteiger partial charge in [0, 0.05) is 18.2 Å². The van der Waals surface area contributed by atoms with Gasteiger partial charge in [0.15, 0.2) is 0 Å². The molecule has 134 valence electrons. The maximum absolute atomic E-state index is 12.4. The lowest BCUT2D eigenvalue weighted by Crippen LogP contribution is -2.13. The number of aryl methyl sites for hydroxylation is 2. The fraction of sp³-hybridized carbons (Fsp3) is 0.133. The van der Waals surface area contributed by atoms with Crippen LogP contribution in [0.15, 0.2) is 30.3 Å². The molecule has 0 fully saturated rings. The highest BCUT2D eigenvalue weighted by atomic mass is 16.6. The summed E-state index contributed by atoms with van der Waals surface area (Å²) in [5.74, 6) is -1.44. The van der Waals surface area contributed by atoms with Gasteiger partial charge in [0.1, 0.15) is 0 Å². The molecule has 0 unspecified atom stereocenters. The molecular formula is C15H11N3O8. The van der Waals surface area contributed by atoms with E-state index in [-0.39, 0.29) is 22.4 Å². The summed E-state index contributed by atoms with van der Waals surface area (Å²) in [5.41, 5.74) is -0.956. The number of nitro benzene ring substituents is 3. The summed E-state index contributed by atoms with van der Waals surface area (Å²) < 4.78 is 5.02. The maximum atomic E-state index is 12.4. The highest BCUT2D eigenvalue weighted by Crippen LogP contribution is 2.32. The minimum atomic E-state index is -0.966. The number of rotatable bonds is 5. The van der Waals surface area contributed by atoms with Crippen molar-refractivity contribution in [2.45, 2.75) is 13.8 Å². The topological polar surface area (TPSA) is 156 Å². The lowest BCUT2D eigenvalue weighted by atomic mass is 10.0. The van der Waals surface area contributed by atoms with Crippen molar-refractivity contribution >= 4 is 23.0 Å². The normalized spacial score (nSPS) is 10.2. The van der Waals surface area contributed by atoms with Crippen molar-refractivity contribution in [1.29, 1.82) is 0 Å². The van der Waals surface area contributed by atoms with Gasteiger partial charge in [-0.3, -0.25) is 30.3 Å². The van der Waals surface area contributed by atoms with Gasteiger partial charge in [-0.1, -0.05) is 0 Å². The predicted octanol–water partition coefficient (Wildman–Crippen LogP) is 3.25. The Bertz CT molecular complexity index is 931. The number of non-ortho nitro benzene ring substituents is 2. The summed E-state index contributed by atoms with van der Waals surface area (Å²) in [6.45, 7) is 2.92. The van der Waals surface area contributed by atoms with Crippen molar-refractivity contribution in [3.05, 3.63) is 77.4 Å². The lowest BCUT2D eigenvalue weighted by molar-refractivity contribution is -0.394. The van der Waals surface area contributed by atoms with E-state index in [9.17, 15) is 35.1 Å². The van der Waals surface area contributed by atoms with Crippen LogP contribution >= 0.6 is 0 Å². The largest absolute Gasteiger partial charge is 0.416 e. The van der Waals surface area contributed by atoms with Gasteiger partial charge in [0.05, 0.1) is 26.4 Å². The summed E-state index contributed by atoms with van der Waals surface area (Å²) in [6, 6.07) is 4.94. The number of nitro groups is 3. The molecule has 2 aromatic rings. The smallest absolute Gasteiger partial charge is 0.344 e. The molecule has 0 amide bonds. The van der Waals surface area contributed by atoms with Crippen molar-refractivity contribution in [1.82, 2.24) is 0 Å². The lowest BCUT2D eigenvalue weighted by Gasteiger charge is -2.10. The Labute approximate surface area is 145 Å². The molecule has 11 nitrogen and oxygen atoms in total. The van der Waals surface area contributed by atoms with Crippen molar-refractivity contribution in [2.24, 2.45) is 0 Å². The zero-order valence-corrected chi connectivity index (χ0v) is 13.5. The van der Waals surface area contributed by atoms with Crippen LogP contribution in [0.2, 0.25) is 0 Å². The van der Waals surface area contributed by atoms with E-state index in [1.54, 1.807) is 0 Å². The van der Waals surface area contributed by atoms with E-state index in [4.69, 9.17) is 4.74 Å². The SMILES string of the molecule is Cc1cc([N+](=O)[O-])cc(C)c1C(=O)Oc1ccc([N+](=O)[O-])cc1[N+](=O)[O-]. The first-order valence-corrected chi connectivity index (χ1v) is 7.02. The average Bonchev–Trinajstić information content (AvgIpc) is 2.53. The van der Waals surface area contributed by atoms with Crippen LogP contribution in [0.3, 0.4) is 0 Å². The molecule has 11 heteroatoms. The number of carbonyl (C=O) groups is 1. The first-order chi connectivity index (χ1) is 12.1. The van der Waals surface area contributed by atoms with Gasteiger partial charge in [0.25, 0.3) is 11.4 Å². The second-order valence-electron chi connectivity index (χ2n) is 5.27. The van der Waals surface area contributed by atoms with E-state index in [1.807, 2.05) is 0 Å². The van der Waals surface area contributed by atoms with E-state index in [0.29, 0.717) is 6.07 Å². The molecule has 0 saturated carbocycles.